The van der Waals surface area contributed by atoms with Gasteiger partial charge in [0.25, 0.3) is 0 Å². The molecule has 1 saturated heterocycles. The van der Waals surface area contributed by atoms with Crippen LogP contribution < -0.4 is 5.32 Å². The molecule has 3 nitrogen and oxygen atoms in total. The van der Waals surface area contributed by atoms with Gasteiger partial charge in [-0.15, -0.1) is 0 Å². The van der Waals surface area contributed by atoms with E-state index >= 15 is 0 Å². The molecule has 0 spiro atoms. The number of nitrogens with zero attached hydrogens (tertiary/aromatic N) is 1. The normalized spacial score (nSPS) is 21.2. The third-order valence-electron chi connectivity index (χ3n) is 3.65. The molecular formula is C14H19BrN2O. The van der Waals surface area contributed by atoms with Crippen LogP contribution in [-0.2, 0) is 4.79 Å². The van der Waals surface area contributed by atoms with Crippen LogP contribution >= 0.6 is 15.9 Å². The Morgan fingerprint density at radius 2 is 2.17 bits per heavy atom. The van der Waals surface area contributed by atoms with Crippen LogP contribution in [0.3, 0.4) is 0 Å². The molecule has 1 aromatic carbocycles. The van der Waals surface area contributed by atoms with Gasteiger partial charge >= 0.3 is 0 Å². The molecule has 0 aliphatic carbocycles. The molecule has 1 aliphatic heterocycles. The number of likely N-dealkylation sites (tertiary alicyclic amines) is 1. The summed E-state index contributed by atoms with van der Waals surface area (Å²) >= 11 is 3.38. The maximum atomic E-state index is 12.1. The van der Waals surface area contributed by atoms with Crippen LogP contribution in [0.2, 0.25) is 0 Å². The summed E-state index contributed by atoms with van der Waals surface area (Å²) < 4.78 is 1.02. The Hall–Kier alpha value is -0.870. The number of benzene rings is 1. The van der Waals surface area contributed by atoms with Crippen molar-refractivity contribution in [1.82, 2.24) is 4.90 Å². The molecular weight excluding hydrogens is 292 g/mol. The van der Waals surface area contributed by atoms with Gasteiger partial charge in [-0.25, -0.2) is 0 Å². The van der Waals surface area contributed by atoms with Crippen molar-refractivity contribution in [3.05, 3.63) is 28.7 Å². The van der Waals surface area contributed by atoms with Crippen LogP contribution in [-0.4, -0.2) is 29.4 Å². The molecule has 1 heterocycles. The predicted molar refractivity (Wildman–Crippen MR) is 77.6 cm³/mol. The topological polar surface area (TPSA) is 32.3 Å². The summed E-state index contributed by atoms with van der Waals surface area (Å²) in [6.45, 7) is 5.19. The lowest BCUT2D eigenvalue weighted by Gasteiger charge is -2.43. The number of halogens is 1. The zero-order valence-electron chi connectivity index (χ0n) is 10.8. The smallest absolute Gasteiger partial charge is 0.241 e. The maximum Gasteiger partial charge on any atom is 0.241 e. The fourth-order valence-electron chi connectivity index (χ4n) is 2.34. The first-order valence-electron chi connectivity index (χ1n) is 6.44. The van der Waals surface area contributed by atoms with Crippen molar-refractivity contribution in [2.75, 3.05) is 11.9 Å². The second-order valence-corrected chi connectivity index (χ2v) is 5.68. The van der Waals surface area contributed by atoms with Crippen LogP contribution in [0.4, 0.5) is 5.69 Å². The van der Waals surface area contributed by atoms with E-state index in [9.17, 15) is 4.79 Å². The standard InChI is InChI=1S/C14H19BrN2O/c1-3-13-8-9-17(13)10(2)14(18)16-12-6-4-11(15)5-7-12/h4-7,10,13H,3,8-9H2,1-2H3,(H,16,18). The van der Waals surface area contributed by atoms with Gasteiger partial charge in [-0.3, -0.25) is 9.69 Å². The number of hydrogen-bond acceptors (Lipinski definition) is 2. The summed E-state index contributed by atoms with van der Waals surface area (Å²) in [6.07, 6.45) is 2.34. The minimum absolute atomic E-state index is 0.0488. The maximum absolute atomic E-state index is 12.1. The number of carbonyl (C=O) groups excluding carboxylic acids is 1. The second-order valence-electron chi connectivity index (χ2n) is 4.76. The molecule has 1 aromatic rings. The molecule has 1 aliphatic rings. The van der Waals surface area contributed by atoms with Crippen LogP contribution in [0.25, 0.3) is 0 Å². The van der Waals surface area contributed by atoms with E-state index < -0.39 is 0 Å². The molecule has 2 unspecified atom stereocenters. The van der Waals surface area contributed by atoms with E-state index in [1.807, 2.05) is 31.2 Å². The van der Waals surface area contributed by atoms with Gasteiger partial charge in [0.05, 0.1) is 6.04 Å². The first kappa shape index (κ1) is 13.6. The molecule has 1 N–H and O–H groups in total. The zero-order valence-corrected chi connectivity index (χ0v) is 12.4. The Kier molecular flexibility index (Phi) is 4.40. The predicted octanol–water partition coefficient (Wildman–Crippen LogP) is 3.26. The van der Waals surface area contributed by atoms with E-state index in [1.54, 1.807) is 0 Å². The molecule has 0 bridgehead atoms. The van der Waals surface area contributed by atoms with E-state index in [1.165, 1.54) is 6.42 Å². The average molecular weight is 311 g/mol. The van der Waals surface area contributed by atoms with E-state index in [0.29, 0.717) is 6.04 Å². The van der Waals surface area contributed by atoms with Crippen LogP contribution in [0.15, 0.2) is 28.7 Å². The highest BCUT2D eigenvalue weighted by molar-refractivity contribution is 9.10. The molecule has 1 fully saturated rings. The van der Waals surface area contributed by atoms with Crippen LogP contribution in [0.1, 0.15) is 26.7 Å². The van der Waals surface area contributed by atoms with E-state index in [4.69, 9.17) is 0 Å². The Balaban J connectivity index is 1.93. The molecule has 1 amide bonds. The van der Waals surface area contributed by atoms with Crippen LogP contribution in [0, 0.1) is 0 Å². The van der Waals surface area contributed by atoms with E-state index in [2.05, 4.69) is 33.1 Å². The Labute approximate surface area is 117 Å². The lowest BCUT2D eigenvalue weighted by Crippen LogP contribution is -2.55. The highest BCUT2D eigenvalue weighted by atomic mass is 79.9. The summed E-state index contributed by atoms with van der Waals surface area (Å²) in [6, 6.07) is 8.20. The Morgan fingerprint density at radius 1 is 1.50 bits per heavy atom. The lowest BCUT2D eigenvalue weighted by atomic mass is 9.97. The molecule has 4 heteroatoms. The minimum Gasteiger partial charge on any atom is -0.325 e. The quantitative estimate of drug-likeness (QED) is 0.925. The summed E-state index contributed by atoms with van der Waals surface area (Å²) in [4.78, 5) is 14.4. The van der Waals surface area contributed by atoms with Gasteiger partial charge in [0, 0.05) is 22.7 Å². The summed E-state index contributed by atoms with van der Waals surface area (Å²) in [5.41, 5.74) is 0.851. The summed E-state index contributed by atoms with van der Waals surface area (Å²) in [5.74, 6) is 0.0791. The minimum atomic E-state index is -0.0488. The second kappa shape index (κ2) is 5.85. The fourth-order valence-corrected chi connectivity index (χ4v) is 2.60. The Morgan fingerprint density at radius 3 is 2.67 bits per heavy atom. The first-order valence-corrected chi connectivity index (χ1v) is 7.23. The molecule has 0 saturated carbocycles. The van der Waals surface area contributed by atoms with Crippen molar-refractivity contribution in [3.8, 4) is 0 Å². The number of anilines is 1. The SMILES string of the molecule is CCC1CCN1C(C)C(=O)Nc1ccc(Br)cc1. The number of hydrogen-bond donors (Lipinski definition) is 1. The monoisotopic (exact) mass is 310 g/mol. The summed E-state index contributed by atoms with van der Waals surface area (Å²) in [5, 5.41) is 2.96. The van der Waals surface area contributed by atoms with Crippen molar-refractivity contribution in [2.24, 2.45) is 0 Å². The van der Waals surface area contributed by atoms with Gasteiger partial charge < -0.3 is 5.32 Å². The number of amides is 1. The molecule has 0 aromatic heterocycles. The van der Waals surface area contributed by atoms with Gasteiger partial charge in [-0.1, -0.05) is 22.9 Å². The van der Waals surface area contributed by atoms with Gasteiger partial charge in [0.15, 0.2) is 0 Å². The largest absolute Gasteiger partial charge is 0.325 e. The van der Waals surface area contributed by atoms with E-state index in [-0.39, 0.29) is 11.9 Å². The fraction of sp³-hybridized carbons (Fsp3) is 0.500. The van der Waals surface area contributed by atoms with Crippen molar-refractivity contribution in [1.29, 1.82) is 0 Å². The van der Waals surface area contributed by atoms with E-state index in [0.717, 1.165) is 23.1 Å². The lowest BCUT2D eigenvalue weighted by molar-refractivity contribution is -0.124. The molecule has 18 heavy (non-hydrogen) atoms. The first-order chi connectivity index (χ1) is 8.61. The molecule has 2 atom stereocenters. The third-order valence-corrected chi connectivity index (χ3v) is 4.18. The molecule has 2 rings (SSSR count). The summed E-state index contributed by atoms with van der Waals surface area (Å²) in [7, 11) is 0. The van der Waals surface area contributed by atoms with Crippen molar-refractivity contribution in [2.45, 2.75) is 38.8 Å². The zero-order chi connectivity index (χ0) is 13.1. The highest BCUT2D eigenvalue weighted by Crippen LogP contribution is 2.24. The van der Waals surface area contributed by atoms with Crippen LogP contribution in [0.5, 0.6) is 0 Å². The van der Waals surface area contributed by atoms with Crippen molar-refractivity contribution in [3.63, 3.8) is 0 Å². The number of carbonyl (C=O) groups is 1. The Bertz CT molecular complexity index is 416. The number of nitrogens with one attached hydrogen (secondary N) is 1. The average Bonchev–Trinajstić information content (AvgIpc) is 2.31. The third kappa shape index (κ3) is 2.93. The van der Waals surface area contributed by atoms with Crippen molar-refractivity contribution < 1.29 is 4.79 Å². The van der Waals surface area contributed by atoms with Gasteiger partial charge in [0.2, 0.25) is 5.91 Å². The van der Waals surface area contributed by atoms with Crippen molar-refractivity contribution >= 4 is 27.5 Å². The van der Waals surface area contributed by atoms with Gasteiger partial charge in [-0.2, -0.15) is 0 Å². The highest BCUT2D eigenvalue weighted by Gasteiger charge is 2.33. The molecule has 98 valence electrons. The van der Waals surface area contributed by atoms with Gasteiger partial charge in [0.1, 0.15) is 0 Å². The molecule has 0 radical (unpaired) electrons. The number of rotatable bonds is 4. The van der Waals surface area contributed by atoms with Gasteiger partial charge in [-0.05, 0) is 44.0 Å².